The largest absolute Gasteiger partial charge is 0.496 e. The Morgan fingerprint density at radius 2 is 1.70 bits per heavy atom. The molecule has 1 amide bonds. The fraction of sp³-hybridized carbons (Fsp3) is 0.231. The average molecular weight is 445 g/mol. The van der Waals surface area contributed by atoms with Crippen LogP contribution in [-0.4, -0.2) is 58.4 Å². The smallest absolute Gasteiger partial charge is 0.257 e. The van der Waals surface area contributed by atoms with Crippen LogP contribution in [0, 0.1) is 5.82 Å². The van der Waals surface area contributed by atoms with E-state index in [4.69, 9.17) is 9.72 Å². The maximum absolute atomic E-state index is 13.5. The number of methoxy groups -OCH3 is 1. The monoisotopic (exact) mass is 444 g/mol. The van der Waals surface area contributed by atoms with E-state index in [0.29, 0.717) is 30.9 Å². The van der Waals surface area contributed by atoms with Gasteiger partial charge in [0, 0.05) is 44.5 Å². The molecule has 2 aromatic carbocycles. The van der Waals surface area contributed by atoms with Crippen LogP contribution >= 0.6 is 0 Å². The van der Waals surface area contributed by atoms with Gasteiger partial charge in [0.2, 0.25) is 0 Å². The maximum Gasteiger partial charge on any atom is 0.257 e. The first-order valence-corrected chi connectivity index (χ1v) is 11.0. The molecule has 1 fully saturated rings. The molecule has 0 bridgehead atoms. The lowest BCUT2D eigenvalue weighted by atomic mass is 10.1. The summed E-state index contributed by atoms with van der Waals surface area (Å²) >= 11 is 0. The number of pyridine rings is 1. The molecule has 4 aromatic rings. The van der Waals surface area contributed by atoms with Crippen molar-refractivity contribution in [1.29, 1.82) is 0 Å². The molecule has 6 nitrogen and oxygen atoms in total. The Morgan fingerprint density at radius 3 is 2.45 bits per heavy atom. The first-order valence-electron chi connectivity index (χ1n) is 11.0. The van der Waals surface area contributed by atoms with Crippen LogP contribution in [0.15, 0.2) is 72.9 Å². The summed E-state index contributed by atoms with van der Waals surface area (Å²) in [6.45, 7) is 3.47. The van der Waals surface area contributed by atoms with Crippen molar-refractivity contribution in [2.75, 3.05) is 33.3 Å². The molecule has 168 valence electrons. The van der Waals surface area contributed by atoms with Crippen molar-refractivity contribution in [1.82, 2.24) is 19.2 Å². The Bertz CT molecular complexity index is 1280. The van der Waals surface area contributed by atoms with E-state index < -0.39 is 0 Å². The molecule has 0 aliphatic carbocycles. The lowest BCUT2D eigenvalue weighted by Crippen LogP contribution is -2.48. The second kappa shape index (κ2) is 9.03. The third-order valence-corrected chi connectivity index (χ3v) is 6.12. The lowest BCUT2D eigenvalue weighted by molar-refractivity contribution is 0.0623. The number of amides is 1. The Morgan fingerprint density at radius 1 is 0.970 bits per heavy atom. The molecule has 1 aliphatic heterocycles. The van der Waals surface area contributed by atoms with Gasteiger partial charge in [-0.1, -0.05) is 18.2 Å². The van der Waals surface area contributed by atoms with Gasteiger partial charge in [-0.25, -0.2) is 9.37 Å². The zero-order valence-electron chi connectivity index (χ0n) is 18.4. The van der Waals surface area contributed by atoms with Crippen LogP contribution in [0.4, 0.5) is 4.39 Å². The molecule has 2 aromatic heterocycles. The minimum absolute atomic E-state index is 0.00564. The van der Waals surface area contributed by atoms with Gasteiger partial charge in [0.15, 0.2) is 0 Å². The Hall–Kier alpha value is -3.71. The summed E-state index contributed by atoms with van der Waals surface area (Å²) in [7, 11) is 1.58. The highest BCUT2D eigenvalue weighted by atomic mass is 19.1. The van der Waals surface area contributed by atoms with Crippen molar-refractivity contribution in [2.45, 2.75) is 6.54 Å². The predicted octanol–water partition coefficient (Wildman–Crippen LogP) is 4.11. The molecule has 1 saturated heterocycles. The zero-order valence-corrected chi connectivity index (χ0v) is 18.4. The van der Waals surface area contributed by atoms with E-state index in [1.165, 1.54) is 12.1 Å². The zero-order chi connectivity index (χ0) is 22.8. The van der Waals surface area contributed by atoms with Gasteiger partial charge in [0.1, 0.15) is 17.2 Å². The summed E-state index contributed by atoms with van der Waals surface area (Å²) in [6, 6.07) is 19.7. The molecular formula is C26H25FN4O2. The minimum atomic E-state index is -0.264. The van der Waals surface area contributed by atoms with E-state index in [9.17, 15) is 9.18 Å². The van der Waals surface area contributed by atoms with Gasteiger partial charge in [0.25, 0.3) is 5.91 Å². The highest BCUT2D eigenvalue weighted by Gasteiger charge is 2.25. The number of benzene rings is 2. The van der Waals surface area contributed by atoms with Crippen LogP contribution < -0.4 is 4.74 Å². The van der Waals surface area contributed by atoms with Crippen molar-refractivity contribution < 1.29 is 13.9 Å². The number of aromatic nitrogens is 2. The van der Waals surface area contributed by atoms with Crippen LogP contribution in [-0.2, 0) is 6.54 Å². The van der Waals surface area contributed by atoms with Crippen molar-refractivity contribution in [3.05, 3.63) is 90.0 Å². The molecule has 7 heteroatoms. The molecule has 3 heterocycles. The highest BCUT2D eigenvalue weighted by molar-refractivity contribution is 5.97. The van der Waals surface area contributed by atoms with E-state index >= 15 is 0 Å². The van der Waals surface area contributed by atoms with Gasteiger partial charge in [-0.2, -0.15) is 0 Å². The second-order valence-corrected chi connectivity index (χ2v) is 8.11. The summed E-state index contributed by atoms with van der Waals surface area (Å²) < 4.78 is 20.9. The molecule has 5 rings (SSSR count). The summed E-state index contributed by atoms with van der Waals surface area (Å²) in [4.78, 5) is 22.1. The number of nitrogens with zero attached hydrogens (tertiary/aromatic N) is 4. The van der Waals surface area contributed by atoms with E-state index in [0.717, 1.165) is 35.7 Å². The fourth-order valence-electron chi connectivity index (χ4n) is 4.35. The maximum atomic E-state index is 13.5. The predicted molar refractivity (Wildman–Crippen MR) is 125 cm³/mol. The van der Waals surface area contributed by atoms with E-state index in [1.54, 1.807) is 25.3 Å². The van der Waals surface area contributed by atoms with Gasteiger partial charge in [-0.3, -0.25) is 9.69 Å². The number of fused-ring (bicyclic) bond motifs is 1. The Balaban J connectivity index is 1.35. The standard InChI is InChI=1S/C26H25FN4O2/c1-33-23-7-3-2-6-21(23)26(32)30-16-14-29(15-17-30)18-22-25(19-9-11-20(27)12-10-19)28-24-8-4-5-13-31(22)24/h2-13H,14-18H2,1H3. The number of piperazine rings is 1. The van der Waals surface area contributed by atoms with E-state index in [1.807, 2.05) is 47.5 Å². The van der Waals surface area contributed by atoms with E-state index in [2.05, 4.69) is 9.30 Å². The lowest BCUT2D eigenvalue weighted by Gasteiger charge is -2.35. The molecular weight excluding hydrogens is 419 g/mol. The van der Waals surface area contributed by atoms with Crippen molar-refractivity contribution in [2.24, 2.45) is 0 Å². The summed E-state index contributed by atoms with van der Waals surface area (Å²) in [5, 5.41) is 0. The number of ether oxygens (including phenoxy) is 1. The van der Waals surface area contributed by atoms with Crippen LogP contribution in [0.3, 0.4) is 0 Å². The Labute approximate surface area is 191 Å². The quantitative estimate of drug-likeness (QED) is 0.465. The first kappa shape index (κ1) is 21.2. The van der Waals surface area contributed by atoms with Crippen LogP contribution in [0.1, 0.15) is 16.1 Å². The number of carbonyl (C=O) groups excluding carboxylic acids is 1. The molecule has 0 atom stereocenters. The van der Waals surface area contributed by atoms with Crippen molar-refractivity contribution >= 4 is 11.6 Å². The van der Waals surface area contributed by atoms with Gasteiger partial charge in [0.05, 0.1) is 24.1 Å². The molecule has 33 heavy (non-hydrogen) atoms. The summed E-state index contributed by atoms with van der Waals surface area (Å²) in [5.41, 5.74) is 4.25. The highest BCUT2D eigenvalue weighted by Crippen LogP contribution is 2.27. The van der Waals surface area contributed by atoms with Crippen LogP contribution in [0.25, 0.3) is 16.9 Å². The third kappa shape index (κ3) is 4.19. The van der Waals surface area contributed by atoms with Gasteiger partial charge in [-0.15, -0.1) is 0 Å². The van der Waals surface area contributed by atoms with Gasteiger partial charge < -0.3 is 14.0 Å². The number of para-hydroxylation sites is 1. The Kier molecular flexibility index (Phi) is 5.79. The summed E-state index contributed by atoms with van der Waals surface area (Å²) in [5.74, 6) is 0.327. The van der Waals surface area contributed by atoms with Crippen molar-refractivity contribution in [3.8, 4) is 17.0 Å². The number of hydrogen-bond acceptors (Lipinski definition) is 4. The first-order chi connectivity index (χ1) is 16.1. The van der Waals surface area contributed by atoms with Crippen molar-refractivity contribution in [3.63, 3.8) is 0 Å². The van der Waals surface area contributed by atoms with Crippen LogP contribution in [0.5, 0.6) is 5.75 Å². The fourth-order valence-corrected chi connectivity index (χ4v) is 4.35. The topological polar surface area (TPSA) is 50.1 Å². The minimum Gasteiger partial charge on any atom is -0.496 e. The van der Waals surface area contributed by atoms with Crippen LogP contribution in [0.2, 0.25) is 0 Å². The summed E-state index contributed by atoms with van der Waals surface area (Å²) in [6.07, 6.45) is 2.01. The number of rotatable bonds is 5. The number of imidazole rings is 1. The van der Waals surface area contributed by atoms with Gasteiger partial charge in [-0.05, 0) is 48.5 Å². The number of hydrogen-bond donors (Lipinski definition) is 0. The number of carbonyl (C=O) groups is 1. The van der Waals surface area contributed by atoms with Gasteiger partial charge >= 0.3 is 0 Å². The molecule has 0 radical (unpaired) electrons. The average Bonchev–Trinajstić information content (AvgIpc) is 3.23. The molecule has 0 N–H and O–H groups in total. The second-order valence-electron chi connectivity index (χ2n) is 8.11. The SMILES string of the molecule is COc1ccccc1C(=O)N1CCN(Cc2c(-c3ccc(F)cc3)nc3ccccn23)CC1. The number of halogens is 1. The normalized spacial score (nSPS) is 14.5. The molecule has 1 aliphatic rings. The molecule has 0 spiro atoms. The van der Waals surface area contributed by atoms with E-state index in [-0.39, 0.29) is 11.7 Å². The molecule has 0 saturated carbocycles. The third-order valence-electron chi connectivity index (χ3n) is 6.12. The molecule has 0 unspecified atom stereocenters.